The summed E-state index contributed by atoms with van der Waals surface area (Å²) in [6.07, 6.45) is 0. The first-order valence-electron chi connectivity index (χ1n) is 2.40. The fourth-order valence-corrected chi connectivity index (χ4v) is 0.454. The van der Waals surface area contributed by atoms with Gasteiger partial charge in [-0.2, -0.15) is 4.92 Å². The number of nitro groups is 2. The first-order valence-corrected chi connectivity index (χ1v) is 2.40. The van der Waals surface area contributed by atoms with Crippen LogP contribution in [-0.4, -0.2) is 14.9 Å². The third kappa shape index (κ3) is 2.12. The summed E-state index contributed by atoms with van der Waals surface area (Å²) in [4.78, 5) is 18.1. The van der Waals surface area contributed by atoms with Crippen molar-refractivity contribution in [3.05, 3.63) is 26.3 Å². The monoisotopic (exact) mass is 354 g/mol. The van der Waals surface area contributed by atoms with Gasteiger partial charge in [-0.05, 0) is 10.0 Å². The zero-order valence-corrected chi connectivity index (χ0v) is 7.47. The van der Waals surface area contributed by atoms with Gasteiger partial charge < -0.3 is 20.2 Å². The molecule has 0 aliphatic heterocycles. The fourth-order valence-electron chi connectivity index (χ4n) is 0.454. The van der Waals surface area contributed by atoms with Crippen LogP contribution in [-0.2, 0) is 22.4 Å². The van der Waals surface area contributed by atoms with Gasteiger partial charge in [0.1, 0.15) is 0 Å². The van der Waals surface area contributed by atoms with Gasteiger partial charge in [0.2, 0.25) is 5.82 Å². The van der Waals surface area contributed by atoms with Crippen molar-refractivity contribution in [1.29, 1.82) is 0 Å². The molecule has 0 saturated heterocycles. The van der Waals surface area contributed by atoms with E-state index >= 15 is 0 Å². The third-order valence-electron chi connectivity index (χ3n) is 0.887. The van der Waals surface area contributed by atoms with Gasteiger partial charge in [0, 0.05) is 0 Å². The van der Waals surface area contributed by atoms with Crippen LogP contribution in [0.1, 0.15) is 0 Å². The van der Waals surface area contributed by atoms with Crippen molar-refractivity contribution in [1.82, 2.24) is 10.2 Å². The number of hydrogen-bond acceptors (Lipinski definition) is 5. The van der Waals surface area contributed by atoms with Crippen LogP contribution in [0.3, 0.4) is 0 Å². The normalized spacial score (nSPS) is 8.67. The Morgan fingerprint density at radius 2 is 1.92 bits per heavy atom. The average Bonchev–Trinajstić information content (AvgIpc) is 2.33. The van der Waals surface area contributed by atoms with Crippen LogP contribution in [0.15, 0.2) is 6.07 Å². The van der Waals surface area contributed by atoms with E-state index in [2.05, 4.69) is 10.2 Å². The van der Waals surface area contributed by atoms with Gasteiger partial charge >= 0.3 is 28.2 Å². The maximum Gasteiger partial charge on any atom is 1.00 e. The molecule has 0 radical (unpaired) electrons. The Morgan fingerprint density at radius 1 is 1.33 bits per heavy atom. The summed E-state index contributed by atoms with van der Waals surface area (Å²) in [6, 6.07) is 0.694. The molecule has 0 saturated carbocycles. The molecule has 9 heteroatoms. The second-order valence-corrected chi connectivity index (χ2v) is 1.57. The zero-order valence-electron chi connectivity index (χ0n) is 5.30. The van der Waals surface area contributed by atoms with Crippen molar-refractivity contribution in [2.75, 3.05) is 0 Å². The van der Waals surface area contributed by atoms with E-state index in [0.717, 1.165) is 0 Å². The fraction of sp³-hybridized carbons (Fsp3) is 0. The van der Waals surface area contributed by atoms with Gasteiger partial charge in [0.15, 0.2) is 0 Å². The topological polar surface area (TPSA) is 113 Å². The van der Waals surface area contributed by atoms with E-state index < -0.39 is 21.5 Å². The quantitative estimate of drug-likeness (QED) is 0.415. The molecular weight excluding hydrogens is 353 g/mol. The van der Waals surface area contributed by atoms with E-state index in [1.165, 1.54) is 0 Å². The van der Waals surface area contributed by atoms with Crippen molar-refractivity contribution in [3.8, 4) is 0 Å². The molecule has 0 atom stereocenters. The summed E-state index contributed by atoms with van der Waals surface area (Å²) >= 11 is 0. The van der Waals surface area contributed by atoms with Gasteiger partial charge in [0.05, 0.1) is 11.2 Å². The summed E-state index contributed by atoms with van der Waals surface area (Å²) in [5.41, 5.74) is 0. The first-order chi connectivity index (χ1) is 5.11. The molecule has 0 N–H and O–H groups in total. The summed E-state index contributed by atoms with van der Waals surface area (Å²) < 4.78 is 0. The van der Waals surface area contributed by atoms with Gasteiger partial charge in [-0.3, -0.25) is 0 Å². The summed E-state index contributed by atoms with van der Waals surface area (Å²) in [5, 5.41) is 25.7. The van der Waals surface area contributed by atoms with Crippen LogP contribution in [0.5, 0.6) is 0 Å². The second kappa shape index (κ2) is 3.95. The van der Waals surface area contributed by atoms with E-state index in [1.54, 1.807) is 0 Å². The largest absolute Gasteiger partial charge is 1.00 e. The Bertz CT molecular complexity index is 281. The minimum absolute atomic E-state index is 0. The van der Waals surface area contributed by atoms with Gasteiger partial charge in [-0.1, -0.05) is 0 Å². The van der Waals surface area contributed by atoms with Crippen molar-refractivity contribution < 1.29 is 32.2 Å². The van der Waals surface area contributed by atoms with Crippen LogP contribution in [0, 0.1) is 20.2 Å². The molecule has 0 aliphatic rings. The van der Waals surface area contributed by atoms with Crippen LogP contribution in [0.4, 0.5) is 11.6 Å². The maximum atomic E-state index is 9.92. The predicted octanol–water partition coefficient (Wildman–Crippen LogP) is -0.147. The molecule has 68 valence electrons. The van der Waals surface area contributed by atoms with E-state index in [-0.39, 0.29) is 22.4 Å². The van der Waals surface area contributed by atoms with Crippen molar-refractivity contribution >= 4 is 11.6 Å². The van der Waals surface area contributed by atoms with Crippen molar-refractivity contribution in [2.45, 2.75) is 0 Å². The molecule has 1 rings (SSSR count). The van der Waals surface area contributed by atoms with Crippen molar-refractivity contribution in [2.24, 2.45) is 0 Å². The molecule has 0 bridgehead atoms. The van der Waals surface area contributed by atoms with Gasteiger partial charge in [0.25, 0.3) is 0 Å². The van der Waals surface area contributed by atoms with Crippen LogP contribution < -0.4 is 5.10 Å². The Balaban J connectivity index is 0.00000121. The Labute approximate surface area is 80.8 Å². The average molecular weight is 354 g/mol. The maximum absolute atomic E-state index is 9.92. The van der Waals surface area contributed by atoms with Gasteiger partial charge in [-0.25, -0.2) is 0 Å². The second-order valence-electron chi connectivity index (χ2n) is 1.57. The van der Waals surface area contributed by atoms with E-state index in [9.17, 15) is 20.2 Å². The minimum atomic E-state index is -0.847. The molecule has 0 fully saturated rings. The molecule has 0 spiro atoms. The molecule has 1 aromatic rings. The van der Waals surface area contributed by atoms with E-state index in [4.69, 9.17) is 0 Å². The molecule has 0 unspecified atom stereocenters. The Kier molecular flexibility index (Phi) is 3.54. The number of nitrogens with zero attached hydrogens (tertiary/aromatic N) is 4. The third-order valence-corrected chi connectivity index (χ3v) is 0.887. The minimum Gasteiger partial charge on any atom is -0.459 e. The molecule has 0 aromatic carbocycles. The molecule has 12 heavy (non-hydrogen) atoms. The number of aromatic nitrogens is 2. The van der Waals surface area contributed by atoms with E-state index in [1.807, 2.05) is 0 Å². The first kappa shape index (κ1) is 10.8. The smallest absolute Gasteiger partial charge is 0.459 e. The molecule has 0 amide bonds. The standard InChI is InChI=1S/C3HN4O4.Au/c8-6(9)2-1-3(5-4-2)7(10)11;/h1H;/q-1;+1. The van der Waals surface area contributed by atoms with Crippen LogP contribution >= 0.6 is 0 Å². The Morgan fingerprint density at radius 3 is 2.17 bits per heavy atom. The summed E-state index contributed by atoms with van der Waals surface area (Å²) in [5.74, 6) is -1.23. The van der Waals surface area contributed by atoms with Crippen molar-refractivity contribution in [3.63, 3.8) is 0 Å². The van der Waals surface area contributed by atoms with Crippen LogP contribution in [0.25, 0.3) is 0 Å². The molecular formula is C3HAuN4O4. The zero-order chi connectivity index (χ0) is 8.43. The number of rotatable bonds is 2. The Hall–Kier alpha value is -1.25. The molecule has 0 aliphatic carbocycles. The summed E-state index contributed by atoms with van der Waals surface area (Å²) in [6.45, 7) is 0. The SMILES string of the molecule is O=[N+]([O-])c1cc([N+](=O)[O-])[n-]n1.[Au+]. The molecule has 1 aromatic heterocycles. The van der Waals surface area contributed by atoms with Gasteiger partial charge in [-0.15, -0.1) is 0 Å². The summed E-state index contributed by atoms with van der Waals surface area (Å²) in [7, 11) is 0. The van der Waals surface area contributed by atoms with E-state index in [0.29, 0.717) is 6.07 Å². The molecule has 1 heterocycles. The molecule has 8 nitrogen and oxygen atoms in total. The van der Waals surface area contributed by atoms with Crippen LogP contribution in [0.2, 0.25) is 0 Å². The predicted molar refractivity (Wildman–Crippen MR) is 30.9 cm³/mol. The number of hydrogen-bond donors (Lipinski definition) is 0.